The van der Waals surface area contributed by atoms with Crippen LogP contribution in [0.5, 0.6) is 0 Å². The molecule has 8 nitrogen and oxygen atoms in total. The van der Waals surface area contributed by atoms with E-state index >= 15 is 0 Å². The van der Waals surface area contributed by atoms with Crippen molar-refractivity contribution in [1.82, 2.24) is 19.2 Å². The zero-order chi connectivity index (χ0) is 26.6. The molecule has 4 rings (SSSR count). The third kappa shape index (κ3) is 4.77. The molecule has 0 saturated carbocycles. The predicted octanol–water partition coefficient (Wildman–Crippen LogP) is 4.72. The van der Waals surface area contributed by atoms with E-state index in [1.807, 2.05) is 31.0 Å². The van der Waals surface area contributed by atoms with Gasteiger partial charge in [0, 0.05) is 55.9 Å². The highest BCUT2D eigenvalue weighted by Crippen LogP contribution is 2.37. The van der Waals surface area contributed by atoms with Crippen molar-refractivity contribution >= 4 is 32.5 Å². The van der Waals surface area contributed by atoms with Crippen molar-refractivity contribution in [3.05, 3.63) is 41.3 Å². The van der Waals surface area contributed by atoms with Crippen molar-refractivity contribution in [3.8, 4) is 0 Å². The van der Waals surface area contributed by atoms with Gasteiger partial charge in [0.1, 0.15) is 4.90 Å². The lowest BCUT2D eigenvalue weighted by molar-refractivity contribution is -0.139. The maximum atomic E-state index is 13.2. The van der Waals surface area contributed by atoms with Crippen LogP contribution in [0.3, 0.4) is 0 Å². The van der Waals surface area contributed by atoms with Crippen molar-refractivity contribution in [2.24, 2.45) is 25.4 Å². The summed E-state index contributed by atoms with van der Waals surface area (Å²) in [5.74, 6) is 0.531. The average molecular weight is 514 g/mol. The Morgan fingerprint density at radius 2 is 1.78 bits per heavy atom. The maximum absolute atomic E-state index is 13.2. The molecule has 1 aromatic carbocycles. The summed E-state index contributed by atoms with van der Waals surface area (Å²) in [6, 6.07) is 5.70. The highest BCUT2D eigenvalue weighted by Gasteiger charge is 2.33. The summed E-state index contributed by atoms with van der Waals surface area (Å²) in [7, 11) is -0.0169. The van der Waals surface area contributed by atoms with E-state index in [1.54, 1.807) is 31.6 Å². The Morgan fingerprint density at radius 1 is 1.14 bits per heavy atom. The molecule has 0 spiro atoms. The van der Waals surface area contributed by atoms with E-state index in [9.17, 15) is 13.2 Å². The minimum Gasteiger partial charge on any atom is -0.350 e. The molecule has 0 radical (unpaired) electrons. The second-order valence-electron chi connectivity index (χ2n) is 11.3. The molecule has 3 aromatic rings. The molecule has 3 heterocycles. The molecule has 1 amide bonds. The average Bonchev–Trinajstić information content (AvgIpc) is 3.26. The lowest BCUT2D eigenvalue weighted by atomic mass is 9.80. The smallest absolute Gasteiger partial charge is 0.265 e. The highest BCUT2D eigenvalue weighted by molar-refractivity contribution is 7.92. The van der Waals surface area contributed by atoms with Crippen LogP contribution in [0, 0.1) is 25.2 Å². The van der Waals surface area contributed by atoms with Gasteiger partial charge >= 0.3 is 0 Å². The molecule has 0 aliphatic carbocycles. The first kappa shape index (κ1) is 26.3. The van der Waals surface area contributed by atoms with Crippen molar-refractivity contribution < 1.29 is 13.2 Å². The summed E-state index contributed by atoms with van der Waals surface area (Å²) >= 11 is 0. The first-order valence-electron chi connectivity index (χ1n) is 12.6. The number of nitrogens with one attached hydrogen (secondary N) is 1. The highest BCUT2D eigenvalue weighted by atomic mass is 32.2. The molecule has 1 atom stereocenters. The van der Waals surface area contributed by atoms with Crippen LogP contribution in [-0.4, -0.2) is 46.7 Å². The van der Waals surface area contributed by atoms with E-state index in [4.69, 9.17) is 0 Å². The Hall–Kier alpha value is -2.81. The van der Waals surface area contributed by atoms with E-state index in [0.717, 1.165) is 36.8 Å². The SMILES string of the molecule is Cc1nn(C)c(C)c1S(=O)(=O)Nc1ccc2c(c1)c(C1CCN(C(=O)C(C)C(C)(C)C)CC1)cn2C. The minimum absolute atomic E-state index is 0.0192. The van der Waals surface area contributed by atoms with Crippen LogP contribution in [-0.2, 0) is 28.9 Å². The number of rotatable bonds is 5. The first-order valence-corrected chi connectivity index (χ1v) is 14.1. The fraction of sp³-hybridized carbons (Fsp3) is 0.556. The fourth-order valence-electron chi connectivity index (χ4n) is 5.22. The van der Waals surface area contributed by atoms with Crippen LogP contribution in [0.2, 0.25) is 0 Å². The van der Waals surface area contributed by atoms with Crippen molar-refractivity contribution in [2.75, 3.05) is 17.8 Å². The van der Waals surface area contributed by atoms with Gasteiger partial charge in [0.15, 0.2) is 0 Å². The maximum Gasteiger partial charge on any atom is 0.265 e. The zero-order valence-corrected chi connectivity index (χ0v) is 23.5. The molecule has 1 aliphatic rings. The number of carbonyl (C=O) groups is 1. The lowest BCUT2D eigenvalue weighted by Crippen LogP contribution is -2.43. The zero-order valence-electron chi connectivity index (χ0n) is 22.7. The number of aryl methyl sites for hydroxylation is 3. The van der Waals surface area contributed by atoms with Gasteiger partial charge in [-0.3, -0.25) is 14.2 Å². The molecule has 1 N–H and O–H groups in total. The van der Waals surface area contributed by atoms with Crippen molar-refractivity contribution in [2.45, 2.75) is 65.2 Å². The summed E-state index contributed by atoms with van der Waals surface area (Å²) in [6.45, 7) is 13.3. The quantitative estimate of drug-likeness (QED) is 0.535. The van der Waals surface area contributed by atoms with Crippen molar-refractivity contribution in [3.63, 3.8) is 0 Å². The summed E-state index contributed by atoms with van der Waals surface area (Å²) in [6.07, 6.45) is 3.94. The van der Waals surface area contributed by atoms with Gasteiger partial charge in [-0.15, -0.1) is 0 Å². The van der Waals surface area contributed by atoms with E-state index < -0.39 is 10.0 Å². The van der Waals surface area contributed by atoms with Gasteiger partial charge in [-0.05, 0) is 61.8 Å². The minimum atomic E-state index is -3.77. The van der Waals surface area contributed by atoms with Gasteiger partial charge in [-0.1, -0.05) is 27.7 Å². The molecule has 36 heavy (non-hydrogen) atoms. The normalized spacial score (nSPS) is 16.5. The molecule has 1 aliphatic heterocycles. The van der Waals surface area contributed by atoms with Crippen LogP contribution in [0.25, 0.3) is 10.9 Å². The molecule has 0 bridgehead atoms. The molecule has 2 aromatic heterocycles. The number of benzene rings is 1. The number of sulfonamides is 1. The molecule has 9 heteroatoms. The standard InChI is InChI=1S/C27H39N5O3S/c1-17(27(4,5)6)26(33)32-13-11-20(12-14-32)23-16-30(7)24-10-9-21(15-22(23)24)29-36(34,35)25-18(2)28-31(8)19(25)3/h9-10,15-17,20,29H,11-14H2,1-8H3. The second-order valence-corrected chi connectivity index (χ2v) is 13.0. The third-order valence-corrected chi connectivity index (χ3v) is 9.53. The van der Waals surface area contributed by atoms with Crippen molar-refractivity contribution in [1.29, 1.82) is 0 Å². The Kier molecular flexibility index (Phi) is 6.75. The topological polar surface area (TPSA) is 89.2 Å². The van der Waals surface area contributed by atoms with E-state index in [-0.39, 0.29) is 22.1 Å². The van der Waals surface area contributed by atoms with Gasteiger partial charge in [0.25, 0.3) is 10.0 Å². The van der Waals surface area contributed by atoms with Gasteiger partial charge in [0.05, 0.1) is 11.4 Å². The number of amides is 1. The summed E-state index contributed by atoms with van der Waals surface area (Å²) in [4.78, 5) is 15.2. The number of anilines is 1. The van der Waals surface area contributed by atoms with E-state index in [2.05, 4.69) is 41.4 Å². The summed E-state index contributed by atoms with van der Waals surface area (Å²) < 4.78 is 32.9. The molecule has 1 unspecified atom stereocenters. The summed E-state index contributed by atoms with van der Waals surface area (Å²) in [5.41, 5.74) is 3.82. The number of hydrogen-bond donors (Lipinski definition) is 1. The molecular formula is C27H39N5O3S. The number of aromatic nitrogens is 3. The van der Waals surface area contributed by atoms with Crippen LogP contribution in [0.4, 0.5) is 5.69 Å². The predicted molar refractivity (Wildman–Crippen MR) is 144 cm³/mol. The Balaban J connectivity index is 1.57. The number of piperidine rings is 1. The molecule has 1 fully saturated rings. The monoisotopic (exact) mass is 513 g/mol. The molecular weight excluding hydrogens is 474 g/mol. The Morgan fingerprint density at radius 3 is 2.33 bits per heavy atom. The van der Waals surface area contributed by atoms with E-state index in [1.165, 1.54) is 5.56 Å². The number of fused-ring (bicyclic) bond motifs is 1. The second kappa shape index (κ2) is 9.25. The first-order chi connectivity index (χ1) is 16.7. The van der Waals surface area contributed by atoms with Crippen LogP contribution >= 0.6 is 0 Å². The number of likely N-dealkylation sites (tertiary alicyclic amines) is 1. The number of carbonyl (C=O) groups excluding carboxylic acids is 1. The van der Waals surface area contributed by atoms with Crippen LogP contribution < -0.4 is 4.72 Å². The molecule has 196 valence electrons. The van der Waals surface area contributed by atoms with Crippen LogP contribution in [0.15, 0.2) is 29.3 Å². The van der Waals surface area contributed by atoms with Gasteiger partial charge in [-0.2, -0.15) is 5.10 Å². The lowest BCUT2D eigenvalue weighted by Gasteiger charge is -2.36. The Bertz CT molecular complexity index is 1400. The van der Waals surface area contributed by atoms with E-state index in [0.29, 0.717) is 23.0 Å². The third-order valence-electron chi connectivity index (χ3n) is 7.90. The van der Waals surface area contributed by atoms with Gasteiger partial charge in [-0.25, -0.2) is 8.42 Å². The largest absolute Gasteiger partial charge is 0.350 e. The van der Waals surface area contributed by atoms with Gasteiger partial charge < -0.3 is 9.47 Å². The van der Waals surface area contributed by atoms with Crippen LogP contribution in [0.1, 0.15) is 63.4 Å². The number of nitrogens with zero attached hydrogens (tertiary/aromatic N) is 4. The summed E-state index contributed by atoms with van der Waals surface area (Å²) in [5, 5.41) is 5.30. The Labute approximate surface area is 214 Å². The number of hydrogen-bond acceptors (Lipinski definition) is 4. The molecule has 1 saturated heterocycles. The van der Waals surface area contributed by atoms with Gasteiger partial charge in [0.2, 0.25) is 5.91 Å². The fourth-order valence-corrected chi connectivity index (χ4v) is 6.71.